The molecular formula is C17H28O2. The molecule has 19 heavy (non-hydrogen) atoms. The van der Waals surface area contributed by atoms with E-state index in [0.717, 1.165) is 24.7 Å². The number of cyclic esters (lactones) is 1. The van der Waals surface area contributed by atoms with Gasteiger partial charge in [-0.1, -0.05) is 34.6 Å². The van der Waals surface area contributed by atoms with Gasteiger partial charge in [-0.3, -0.25) is 4.79 Å². The predicted octanol–water partition coefficient (Wildman–Crippen LogP) is 3.89. The highest BCUT2D eigenvalue weighted by atomic mass is 16.5. The molecule has 0 aromatic heterocycles. The quantitative estimate of drug-likeness (QED) is 0.672. The van der Waals surface area contributed by atoms with Crippen molar-refractivity contribution in [1.29, 1.82) is 0 Å². The maximum atomic E-state index is 12.3. The van der Waals surface area contributed by atoms with E-state index in [0.29, 0.717) is 29.8 Å². The van der Waals surface area contributed by atoms with Gasteiger partial charge in [0, 0.05) is 0 Å². The van der Waals surface area contributed by atoms with E-state index < -0.39 is 0 Å². The van der Waals surface area contributed by atoms with Crippen molar-refractivity contribution < 1.29 is 9.53 Å². The second-order valence-corrected chi connectivity index (χ2v) is 8.56. The maximum absolute atomic E-state index is 12.3. The molecule has 3 fully saturated rings. The third kappa shape index (κ3) is 1.71. The summed E-state index contributed by atoms with van der Waals surface area (Å²) in [5.74, 6) is 3.59. The summed E-state index contributed by atoms with van der Waals surface area (Å²) in [5.41, 5.74) is 0.264. The molecule has 2 bridgehead atoms. The van der Waals surface area contributed by atoms with Crippen molar-refractivity contribution in [1.82, 2.24) is 0 Å². The first-order valence-electron chi connectivity index (χ1n) is 7.94. The maximum Gasteiger partial charge on any atom is 0.312 e. The lowest BCUT2D eigenvalue weighted by Crippen LogP contribution is -2.45. The molecule has 2 saturated carbocycles. The van der Waals surface area contributed by atoms with E-state index in [1.807, 2.05) is 0 Å². The van der Waals surface area contributed by atoms with E-state index in [-0.39, 0.29) is 11.4 Å². The second-order valence-electron chi connectivity index (χ2n) is 8.56. The smallest absolute Gasteiger partial charge is 0.312 e. The van der Waals surface area contributed by atoms with Crippen LogP contribution in [0.4, 0.5) is 0 Å². The van der Waals surface area contributed by atoms with Gasteiger partial charge in [-0.05, 0) is 54.3 Å². The van der Waals surface area contributed by atoms with Crippen molar-refractivity contribution in [2.75, 3.05) is 6.61 Å². The van der Waals surface area contributed by atoms with Crippen molar-refractivity contribution in [2.45, 2.75) is 53.9 Å². The minimum Gasteiger partial charge on any atom is -0.465 e. The monoisotopic (exact) mass is 264 g/mol. The first-order chi connectivity index (χ1) is 8.77. The van der Waals surface area contributed by atoms with Gasteiger partial charge in [0.15, 0.2) is 0 Å². The Bertz CT molecular complexity index is 393. The van der Waals surface area contributed by atoms with Gasteiger partial charge < -0.3 is 4.74 Å². The zero-order chi connectivity index (χ0) is 14.0. The second kappa shape index (κ2) is 3.99. The number of hydrogen-bond acceptors (Lipinski definition) is 2. The summed E-state index contributed by atoms with van der Waals surface area (Å²) in [6.45, 7) is 12.5. The number of hydrogen-bond donors (Lipinski definition) is 0. The van der Waals surface area contributed by atoms with Crippen LogP contribution in [0.2, 0.25) is 0 Å². The number of fused-ring (bicyclic) bond motifs is 3. The average Bonchev–Trinajstić information content (AvgIpc) is 2.91. The van der Waals surface area contributed by atoms with Gasteiger partial charge >= 0.3 is 5.97 Å². The zero-order valence-electron chi connectivity index (χ0n) is 13.0. The summed E-state index contributed by atoms with van der Waals surface area (Å²) in [7, 11) is 0. The van der Waals surface area contributed by atoms with Crippen LogP contribution >= 0.6 is 0 Å². The minimum absolute atomic E-state index is 0.0959. The predicted molar refractivity (Wildman–Crippen MR) is 75.5 cm³/mol. The zero-order valence-corrected chi connectivity index (χ0v) is 13.0. The van der Waals surface area contributed by atoms with Crippen LogP contribution in [0, 0.1) is 40.4 Å². The Hall–Kier alpha value is -0.530. The highest BCUT2D eigenvalue weighted by molar-refractivity contribution is 5.80. The van der Waals surface area contributed by atoms with Gasteiger partial charge in [0.05, 0.1) is 12.0 Å². The van der Waals surface area contributed by atoms with Crippen molar-refractivity contribution >= 4 is 5.97 Å². The fourth-order valence-corrected chi connectivity index (χ4v) is 5.88. The van der Waals surface area contributed by atoms with Crippen LogP contribution in [0.1, 0.15) is 53.9 Å². The van der Waals surface area contributed by atoms with Crippen molar-refractivity contribution in [3.63, 3.8) is 0 Å². The third-order valence-electron chi connectivity index (χ3n) is 6.24. The lowest BCUT2D eigenvalue weighted by atomic mass is 9.56. The Morgan fingerprint density at radius 1 is 1.32 bits per heavy atom. The molecule has 1 aliphatic heterocycles. The molecule has 3 aliphatic rings. The number of rotatable bonds is 1. The molecule has 2 heteroatoms. The fourth-order valence-electron chi connectivity index (χ4n) is 5.88. The Morgan fingerprint density at radius 2 is 2.00 bits per heavy atom. The fraction of sp³-hybridized carbons (Fsp3) is 0.941. The van der Waals surface area contributed by atoms with Gasteiger partial charge in [-0.15, -0.1) is 0 Å². The van der Waals surface area contributed by atoms with Crippen LogP contribution in [-0.2, 0) is 9.53 Å². The van der Waals surface area contributed by atoms with E-state index in [1.165, 1.54) is 6.42 Å². The molecule has 1 spiro atoms. The van der Waals surface area contributed by atoms with E-state index in [2.05, 4.69) is 34.6 Å². The van der Waals surface area contributed by atoms with E-state index in [1.54, 1.807) is 0 Å². The topological polar surface area (TPSA) is 26.3 Å². The summed E-state index contributed by atoms with van der Waals surface area (Å²) < 4.78 is 5.35. The Labute approximate surface area is 117 Å². The Morgan fingerprint density at radius 3 is 2.47 bits per heavy atom. The summed E-state index contributed by atoms with van der Waals surface area (Å²) in [4.78, 5) is 12.3. The SMILES string of the molecule is CC(C)C1C(C(C)(C)C)C2CC1C1(CCOC1=O)C2. The number of carbonyl (C=O) groups is 1. The van der Waals surface area contributed by atoms with E-state index in [9.17, 15) is 4.79 Å². The van der Waals surface area contributed by atoms with Gasteiger partial charge in [0.1, 0.15) is 0 Å². The van der Waals surface area contributed by atoms with Crippen LogP contribution in [0.25, 0.3) is 0 Å². The lowest BCUT2D eigenvalue weighted by molar-refractivity contribution is -0.152. The number of ether oxygens (including phenoxy) is 1. The molecule has 108 valence electrons. The molecule has 1 heterocycles. The molecule has 0 N–H and O–H groups in total. The van der Waals surface area contributed by atoms with Crippen LogP contribution in [0.15, 0.2) is 0 Å². The molecule has 0 aromatic rings. The molecule has 3 rings (SSSR count). The summed E-state index contributed by atoms with van der Waals surface area (Å²) in [6, 6.07) is 0. The van der Waals surface area contributed by atoms with Crippen molar-refractivity contribution in [3.8, 4) is 0 Å². The summed E-state index contributed by atoms with van der Waals surface area (Å²) >= 11 is 0. The Kier molecular flexibility index (Phi) is 2.82. The number of carbonyl (C=O) groups excluding carboxylic acids is 1. The van der Waals surface area contributed by atoms with E-state index >= 15 is 0 Å². The number of esters is 1. The standard InChI is InChI=1S/C17H28O2/c1-10(2)13-12-8-11(14(13)16(3,4)5)9-17(12)6-7-19-15(17)18/h10-14H,6-9H2,1-5H3. The molecule has 2 nitrogen and oxygen atoms in total. The molecule has 0 amide bonds. The Balaban J connectivity index is 1.96. The first kappa shape index (κ1) is 13.5. The first-order valence-corrected chi connectivity index (χ1v) is 7.94. The van der Waals surface area contributed by atoms with E-state index in [4.69, 9.17) is 4.74 Å². The summed E-state index contributed by atoms with van der Waals surface area (Å²) in [5, 5.41) is 0. The minimum atomic E-state index is -0.0959. The molecular weight excluding hydrogens is 236 g/mol. The average molecular weight is 264 g/mol. The van der Waals surface area contributed by atoms with Gasteiger partial charge in [0.25, 0.3) is 0 Å². The van der Waals surface area contributed by atoms with Crippen LogP contribution in [0.5, 0.6) is 0 Å². The molecule has 0 aromatic carbocycles. The van der Waals surface area contributed by atoms with Crippen LogP contribution in [0.3, 0.4) is 0 Å². The largest absolute Gasteiger partial charge is 0.465 e. The third-order valence-corrected chi connectivity index (χ3v) is 6.24. The van der Waals surface area contributed by atoms with Gasteiger partial charge in [-0.2, -0.15) is 0 Å². The van der Waals surface area contributed by atoms with Crippen LogP contribution < -0.4 is 0 Å². The van der Waals surface area contributed by atoms with Crippen molar-refractivity contribution in [3.05, 3.63) is 0 Å². The normalized spacial score (nSPS) is 45.5. The summed E-state index contributed by atoms with van der Waals surface area (Å²) in [6.07, 6.45) is 3.34. The molecule has 2 aliphatic carbocycles. The molecule has 1 saturated heterocycles. The van der Waals surface area contributed by atoms with Gasteiger partial charge in [0.2, 0.25) is 0 Å². The van der Waals surface area contributed by atoms with Gasteiger partial charge in [-0.25, -0.2) is 0 Å². The molecule has 0 radical (unpaired) electrons. The molecule has 5 atom stereocenters. The molecule has 5 unspecified atom stereocenters. The van der Waals surface area contributed by atoms with Crippen molar-refractivity contribution in [2.24, 2.45) is 40.4 Å². The highest BCUT2D eigenvalue weighted by Gasteiger charge is 2.66. The van der Waals surface area contributed by atoms with Crippen LogP contribution in [-0.4, -0.2) is 12.6 Å². The lowest BCUT2D eigenvalue weighted by Gasteiger charge is -2.47. The highest BCUT2D eigenvalue weighted by Crippen LogP contribution is 2.68.